The lowest BCUT2D eigenvalue weighted by Gasteiger charge is -2.21. The van der Waals surface area contributed by atoms with Gasteiger partial charge in [0.05, 0.1) is 26.4 Å². The van der Waals surface area contributed by atoms with Crippen LogP contribution in [0.4, 0.5) is 0 Å². The van der Waals surface area contributed by atoms with Gasteiger partial charge in [-0.15, -0.1) is 0 Å². The number of phosphoric ester groups is 2. The zero-order valence-electron chi connectivity index (χ0n) is 67.1. The average Bonchev–Trinajstić information content (AvgIpc) is 1.01. The third kappa shape index (κ3) is 73.6. The fraction of sp³-hybridized carbons (Fsp3) is 0.952. The highest BCUT2D eigenvalue weighted by Crippen LogP contribution is 2.45. The third-order valence-corrected chi connectivity index (χ3v) is 22.0. The van der Waals surface area contributed by atoms with Crippen LogP contribution in [0, 0.1) is 17.8 Å². The van der Waals surface area contributed by atoms with Gasteiger partial charge in [0.2, 0.25) is 0 Å². The highest BCUT2D eigenvalue weighted by Gasteiger charge is 2.30. The van der Waals surface area contributed by atoms with Crippen LogP contribution < -0.4 is 0 Å². The molecule has 19 heteroatoms. The van der Waals surface area contributed by atoms with Gasteiger partial charge >= 0.3 is 39.5 Å². The fourth-order valence-corrected chi connectivity index (χ4v) is 14.4. The zero-order valence-corrected chi connectivity index (χ0v) is 68.9. The molecule has 7 atom stereocenters. The molecular formula is C83H162O17P2. The van der Waals surface area contributed by atoms with Crippen molar-refractivity contribution in [3.05, 3.63) is 0 Å². The van der Waals surface area contributed by atoms with Crippen molar-refractivity contribution in [2.45, 2.75) is 452 Å². The number of hydrogen-bond acceptors (Lipinski definition) is 15. The number of hydrogen-bond donors (Lipinski definition) is 3. The van der Waals surface area contributed by atoms with Crippen molar-refractivity contribution in [3.8, 4) is 0 Å². The molecule has 0 aromatic rings. The highest BCUT2D eigenvalue weighted by atomic mass is 31.2. The Bertz CT molecular complexity index is 1980. The first kappa shape index (κ1) is 100. The van der Waals surface area contributed by atoms with Gasteiger partial charge in [-0.05, 0) is 43.4 Å². The monoisotopic (exact) mass is 1490 g/mol. The largest absolute Gasteiger partial charge is 0.472 e. The van der Waals surface area contributed by atoms with Crippen molar-refractivity contribution >= 4 is 39.5 Å². The quantitative estimate of drug-likeness (QED) is 0.0222. The minimum atomic E-state index is -4.96. The predicted molar refractivity (Wildman–Crippen MR) is 418 cm³/mol. The van der Waals surface area contributed by atoms with Crippen molar-refractivity contribution in [3.63, 3.8) is 0 Å². The van der Waals surface area contributed by atoms with Gasteiger partial charge in [-0.2, -0.15) is 0 Å². The Morgan fingerprint density at radius 3 is 0.745 bits per heavy atom. The fourth-order valence-electron chi connectivity index (χ4n) is 12.8. The van der Waals surface area contributed by atoms with Crippen LogP contribution in [-0.4, -0.2) is 96.7 Å². The molecule has 4 unspecified atom stereocenters. The lowest BCUT2D eigenvalue weighted by atomic mass is 9.99. The molecule has 0 fully saturated rings. The van der Waals surface area contributed by atoms with Gasteiger partial charge in [-0.1, -0.05) is 382 Å². The summed E-state index contributed by atoms with van der Waals surface area (Å²) in [5, 5.41) is 10.7. The summed E-state index contributed by atoms with van der Waals surface area (Å²) in [6.07, 6.45) is 62.5. The van der Waals surface area contributed by atoms with Gasteiger partial charge in [-0.25, -0.2) is 9.13 Å². The number of unbranched alkanes of at least 4 members (excludes halogenated alkanes) is 47. The normalized spacial score (nSPS) is 14.5. The Morgan fingerprint density at radius 1 is 0.284 bits per heavy atom. The first-order chi connectivity index (χ1) is 49.3. The SMILES string of the molecule is CCCCCCCCCCCCCCCCCCC(=O)OC[C@H](COP(=O)(O)OC[C@@H](O)COP(=O)(O)OC[C@@H](COC(=O)CCCCCCCCC(C)CC)OC(=O)CCCCCCCCCCCCCC(C)C)OC(=O)CCCCCCCCCCCCCCCCCCCCC(C)CC. The molecular weight excluding hydrogens is 1330 g/mol. The first-order valence-electron chi connectivity index (χ1n) is 42.9. The van der Waals surface area contributed by atoms with Crippen LogP contribution in [0.5, 0.6) is 0 Å². The molecule has 0 aliphatic rings. The lowest BCUT2D eigenvalue weighted by molar-refractivity contribution is -0.161. The average molecular weight is 1490 g/mol. The third-order valence-electron chi connectivity index (χ3n) is 20.1. The topological polar surface area (TPSA) is 237 Å². The minimum Gasteiger partial charge on any atom is -0.462 e. The smallest absolute Gasteiger partial charge is 0.462 e. The van der Waals surface area contributed by atoms with E-state index in [-0.39, 0.29) is 25.7 Å². The molecule has 0 aromatic carbocycles. The molecule has 0 rings (SSSR count). The highest BCUT2D eigenvalue weighted by molar-refractivity contribution is 7.47. The number of phosphoric acid groups is 2. The van der Waals surface area contributed by atoms with Gasteiger partial charge in [0.1, 0.15) is 19.3 Å². The minimum absolute atomic E-state index is 0.106. The maximum atomic E-state index is 13.1. The molecule has 0 aliphatic heterocycles. The van der Waals surface area contributed by atoms with Crippen LogP contribution in [0.1, 0.15) is 434 Å². The first-order valence-corrected chi connectivity index (χ1v) is 45.9. The molecule has 17 nitrogen and oxygen atoms in total. The second-order valence-electron chi connectivity index (χ2n) is 30.8. The van der Waals surface area contributed by atoms with Gasteiger partial charge in [0.25, 0.3) is 0 Å². The molecule has 0 amide bonds. The molecule has 0 aromatic heterocycles. The van der Waals surface area contributed by atoms with Crippen molar-refractivity contribution in [2.75, 3.05) is 39.6 Å². The second-order valence-corrected chi connectivity index (χ2v) is 33.7. The van der Waals surface area contributed by atoms with Crippen LogP contribution in [0.25, 0.3) is 0 Å². The molecule has 0 bridgehead atoms. The van der Waals surface area contributed by atoms with E-state index in [1.807, 2.05) is 0 Å². The Morgan fingerprint density at radius 2 is 0.500 bits per heavy atom. The molecule has 3 N–H and O–H groups in total. The van der Waals surface area contributed by atoms with Crippen LogP contribution in [0.2, 0.25) is 0 Å². The summed E-state index contributed by atoms with van der Waals surface area (Å²) < 4.78 is 68.8. The second kappa shape index (κ2) is 73.2. The summed E-state index contributed by atoms with van der Waals surface area (Å²) in [6.45, 7) is 12.0. The van der Waals surface area contributed by atoms with Crippen LogP contribution >= 0.6 is 15.6 Å². The van der Waals surface area contributed by atoms with Gasteiger partial charge in [-0.3, -0.25) is 37.3 Å². The van der Waals surface area contributed by atoms with E-state index in [1.165, 1.54) is 238 Å². The predicted octanol–water partition coefficient (Wildman–Crippen LogP) is 24.9. The summed E-state index contributed by atoms with van der Waals surface area (Å²) in [7, 11) is -9.92. The van der Waals surface area contributed by atoms with E-state index >= 15 is 0 Å². The molecule has 0 saturated heterocycles. The summed E-state index contributed by atoms with van der Waals surface area (Å²) >= 11 is 0. The van der Waals surface area contributed by atoms with E-state index in [0.29, 0.717) is 25.7 Å². The Hall–Kier alpha value is -1.94. The van der Waals surface area contributed by atoms with Gasteiger partial charge in [0, 0.05) is 25.7 Å². The summed E-state index contributed by atoms with van der Waals surface area (Å²) in [6, 6.07) is 0. The molecule has 0 saturated carbocycles. The van der Waals surface area contributed by atoms with Crippen molar-refractivity contribution in [1.82, 2.24) is 0 Å². The Balaban J connectivity index is 5.22. The van der Waals surface area contributed by atoms with E-state index in [2.05, 4.69) is 48.5 Å². The molecule has 0 radical (unpaired) electrons. The van der Waals surface area contributed by atoms with E-state index in [0.717, 1.165) is 114 Å². The summed E-state index contributed by atoms with van der Waals surface area (Å²) in [5.41, 5.74) is 0. The van der Waals surface area contributed by atoms with Crippen LogP contribution in [0.3, 0.4) is 0 Å². The molecule has 0 spiro atoms. The number of esters is 4. The summed E-state index contributed by atoms with van der Waals surface area (Å²) in [5.74, 6) is 0.257. The van der Waals surface area contributed by atoms with Crippen molar-refractivity contribution in [1.29, 1.82) is 0 Å². The number of carbonyl (C=O) groups is 4. The number of aliphatic hydroxyl groups excluding tert-OH is 1. The lowest BCUT2D eigenvalue weighted by Crippen LogP contribution is -2.30. The maximum Gasteiger partial charge on any atom is 0.472 e. The van der Waals surface area contributed by atoms with Crippen molar-refractivity contribution < 1.29 is 80.2 Å². The molecule has 0 heterocycles. The summed E-state index contributed by atoms with van der Waals surface area (Å²) in [4.78, 5) is 73.1. The van der Waals surface area contributed by atoms with Crippen molar-refractivity contribution in [2.24, 2.45) is 17.8 Å². The zero-order chi connectivity index (χ0) is 75.1. The Kier molecular flexibility index (Phi) is 71.8. The standard InChI is InChI=1S/C83H162O17P2/c1-8-11-12-13-14-15-16-17-18-24-27-32-37-42-50-57-64-80(85)93-70-78(99-82(87)66-59-52-43-38-33-28-25-22-20-19-21-23-26-31-36-41-48-55-62-75(6)9-2)72-97-101(89,90)95-68-77(84)69-96-102(91,92)98-73-79(71-94-81(86)65-58-51-46-45-49-56-63-76(7)10-3)100-83(88)67-60-53-44-39-34-29-30-35-40-47-54-61-74(4)5/h74-79,84H,8-73H2,1-7H3,(H,89,90)(H,91,92)/t75?,76?,77-,78-,79-/m1/s1. The molecule has 606 valence electrons. The molecule has 0 aliphatic carbocycles. The van der Waals surface area contributed by atoms with Crippen LogP contribution in [0.15, 0.2) is 0 Å². The van der Waals surface area contributed by atoms with E-state index in [1.54, 1.807) is 0 Å². The number of carbonyl (C=O) groups excluding carboxylic acids is 4. The van der Waals surface area contributed by atoms with Gasteiger partial charge < -0.3 is 33.8 Å². The Labute approximate surface area is 626 Å². The van der Waals surface area contributed by atoms with E-state index < -0.39 is 97.5 Å². The number of ether oxygens (including phenoxy) is 4. The van der Waals surface area contributed by atoms with Crippen LogP contribution in [-0.2, 0) is 65.4 Å². The number of rotatable bonds is 81. The van der Waals surface area contributed by atoms with E-state index in [4.69, 9.17) is 37.0 Å². The molecule has 102 heavy (non-hydrogen) atoms. The maximum absolute atomic E-state index is 13.1. The number of aliphatic hydroxyl groups is 1. The van der Waals surface area contributed by atoms with E-state index in [9.17, 15) is 43.2 Å². The van der Waals surface area contributed by atoms with Gasteiger partial charge in [0.15, 0.2) is 12.2 Å².